The van der Waals surface area contributed by atoms with Gasteiger partial charge in [0.05, 0.1) is 25.1 Å². The Balaban J connectivity index is 1.38. The lowest BCUT2D eigenvalue weighted by molar-refractivity contribution is 0.102. The predicted octanol–water partition coefficient (Wildman–Crippen LogP) is 5.42. The second-order valence-electron chi connectivity index (χ2n) is 8.28. The van der Waals surface area contributed by atoms with E-state index in [4.69, 9.17) is 4.42 Å². The fourth-order valence-corrected chi connectivity index (χ4v) is 4.93. The van der Waals surface area contributed by atoms with E-state index in [0.717, 1.165) is 39.7 Å². The Bertz CT molecular complexity index is 1420. The van der Waals surface area contributed by atoms with Crippen molar-refractivity contribution in [3.63, 3.8) is 0 Å². The molecule has 0 spiro atoms. The number of nitrogens with zero attached hydrogens (tertiary/aromatic N) is 5. The molecule has 4 aromatic heterocycles. The molecule has 176 valence electrons. The van der Waals surface area contributed by atoms with E-state index in [9.17, 15) is 4.79 Å². The number of carbonyl (C=O) groups is 1. The van der Waals surface area contributed by atoms with E-state index < -0.39 is 0 Å². The largest absolute Gasteiger partial charge is 0.467 e. The van der Waals surface area contributed by atoms with Crippen molar-refractivity contribution in [1.29, 1.82) is 0 Å². The number of ketones is 1. The topological polar surface area (TPSA) is 78.7 Å². The molecule has 0 aliphatic heterocycles. The molecule has 5 rings (SSSR count). The summed E-state index contributed by atoms with van der Waals surface area (Å²) in [6, 6.07) is 19.8. The molecule has 0 amide bonds. The Hall–Kier alpha value is -3.91. The minimum atomic E-state index is 0.0634. The lowest BCUT2D eigenvalue weighted by Crippen LogP contribution is -2.09. The number of hydrogen-bond donors (Lipinski definition) is 0. The van der Waals surface area contributed by atoms with Crippen LogP contribution in [0.5, 0.6) is 0 Å². The van der Waals surface area contributed by atoms with E-state index in [0.29, 0.717) is 18.2 Å². The smallest absolute Gasteiger partial charge is 0.192 e. The third-order valence-corrected chi connectivity index (χ3v) is 6.91. The van der Waals surface area contributed by atoms with Crippen LogP contribution >= 0.6 is 11.8 Å². The summed E-state index contributed by atoms with van der Waals surface area (Å²) in [7, 11) is 0. The van der Waals surface area contributed by atoms with Gasteiger partial charge in [0.25, 0.3) is 0 Å². The number of aromatic nitrogens is 5. The summed E-state index contributed by atoms with van der Waals surface area (Å²) in [5.74, 6) is 1.95. The minimum absolute atomic E-state index is 0.0634. The van der Waals surface area contributed by atoms with Gasteiger partial charge in [-0.2, -0.15) is 0 Å². The van der Waals surface area contributed by atoms with Crippen molar-refractivity contribution in [1.82, 2.24) is 24.3 Å². The Kier molecular flexibility index (Phi) is 6.63. The van der Waals surface area contributed by atoms with Crippen LogP contribution in [0.3, 0.4) is 0 Å². The second-order valence-corrected chi connectivity index (χ2v) is 9.22. The number of Topliss-reactive ketones (excluding diaryl/α,β-unsaturated/α-hetero) is 1. The lowest BCUT2D eigenvalue weighted by atomic mass is 10.2. The van der Waals surface area contributed by atoms with E-state index >= 15 is 0 Å². The average Bonchev–Trinajstić information content (AvgIpc) is 3.61. The van der Waals surface area contributed by atoms with Gasteiger partial charge in [-0.3, -0.25) is 14.3 Å². The summed E-state index contributed by atoms with van der Waals surface area (Å²) in [6.07, 6.45) is 5.15. The maximum Gasteiger partial charge on any atom is 0.192 e. The van der Waals surface area contributed by atoms with Crippen LogP contribution in [-0.2, 0) is 13.1 Å². The van der Waals surface area contributed by atoms with Crippen molar-refractivity contribution < 1.29 is 9.21 Å². The molecule has 0 radical (unpaired) electrons. The van der Waals surface area contributed by atoms with Crippen molar-refractivity contribution >= 4 is 17.5 Å². The van der Waals surface area contributed by atoms with Crippen molar-refractivity contribution in [2.75, 3.05) is 5.75 Å². The first-order chi connectivity index (χ1) is 17.1. The Morgan fingerprint density at radius 2 is 1.74 bits per heavy atom. The molecule has 1 aromatic carbocycles. The van der Waals surface area contributed by atoms with Gasteiger partial charge < -0.3 is 8.98 Å². The summed E-state index contributed by atoms with van der Waals surface area (Å²) in [5, 5.41) is 9.59. The van der Waals surface area contributed by atoms with E-state index in [1.807, 2.05) is 62.4 Å². The van der Waals surface area contributed by atoms with Gasteiger partial charge >= 0.3 is 0 Å². The van der Waals surface area contributed by atoms with Crippen LogP contribution < -0.4 is 0 Å². The number of hydrogen-bond acceptors (Lipinski definition) is 6. The first-order valence-electron chi connectivity index (χ1n) is 11.3. The maximum absolute atomic E-state index is 13.2. The molecule has 0 aliphatic carbocycles. The average molecular weight is 484 g/mol. The third kappa shape index (κ3) is 4.97. The molecule has 0 fully saturated rings. The zero-order valence-corrected chi connectivity index (χ0v) is 20.4. The number of thioether (sulfide) groups is 1. The Morgan fingerprint density at radius 3 is 2.49 bits per heavy atom. The molecule has 35 heavy (non-hydrogen) atoms. The van der Waals surface area contributed by atoms with Crippen molar-refractivity contribution in [2.24, 2.45) is 0 Å². The molecule has 0 saturated heterocycles. The standard InChI is InChI=1S/C27H25N5O2S/c1-19-15-24(20(2)31(19)17-23-9-6-14-34-23)25(33)18-35-27-30-29-26(22-10-12-28-13-11-22)32(27)16-21-7-4-3-5-8-21/h3-15H,16-18H2,1-2H3. The Labute approximate surface area is 207 Å². The van der Waals surface area contributed by atoms with Gasteiger partial charge in [-0.05, 0) is 49.7 Å². The van der Waals surface area contributed by atoms with Crippen LogP contribution in [0.15, 0.2) is 88.9 Å². The molecule has 0 atom stereocenters. The van der Waals surface area contributed by atoms with E-state index in [1.165, 1.54) is 11.8 Å². The van der Waals surface area contributed by atoms with Gasteiger partial charge in [0.2, 0.25) is 0 Å². The molecule has 8 heteroatoms. The molecule has 0 unspecified atom stereocenters. The molecule has 0 bridgehead atoms. The van der Waals surface area contributed by atoms with Crippen LogP contribution in [-0.4, -0.2) is 35.9 Å². The quantitative estimate of drug-likeness (QED) is 0.206. The molecule has 0 aliphatic rings. The molecular weight excluding hydrogens is 458 g/mol. The van der Waals surface area contributed by atoms with Crippen molar-refractivity contribution in [2.45, 2.75) is 32.1 Å². The monoisotopic (exact) mass is 483 g/mol. The van der Waals surface area contributed by atoms with Crippen LogP contribution in [0.25, 0.3) is 11.4 Å². The highest BCUT2D eigenvalue weighted by Crippen LogP contribution is 2.26. The third-order valence-electron chi connectivity index (χ3n) is 5.94. The Morgan fingerprint density at radius 1 is 0.943 bits per heavy atom. The molecule has 5 aromatic rings. The predicted molar refractivity (Wildman–Crippen MR) is 136 cm³/mol. The SMILES string of the molecule is Cc1cc(C(=O)CSc2nnc(-c3ccncc3)n2Cc2ccccc2)c(C)n1Cc1ccco1. The summed E-state index contributed by atoms with van der Waals surface area (Å²) >= 11 is 1.41. The lowest BCUT2D eigenvalue weighted by Gasteiger charge is -2.10. The molecule has 0 N–H and O–H groups in total. The van der Waals surface area contributed by atoms with Crippen molar-refractivity contribution in [3.05, 3.63) is 108 Å². The van der Waals surface area contributed by atoms with Crippen LogP contribution in [0.4, 0.5) is 0 Å². The van der Waals surface area contributed by atoms with Gasteiger partial charge in [0.1, 0.15) is 5.76 Å². The van der Waals surface area contributed by atoms with Gasteiger partial charge in [-0.25, -0.2) is 0 Å². The summed E-state index contributed by atoms with van der Waals surface area (Å²) in [4.78, 5) is 17.3. The first-order valence-corrected chi connectivity index (χ1v) is 12.3. The van der Waals surface area contributed by atoms with Crippen LogP contribution in [0, 0.1) is 13.8 Å². The second kappa shape index (κ2) is 10.1. The normalized spacial score (nSPS) is 11.1. The van der Waals surface area contributed by atoms with E-state index in [-0.39, 0.29) is 11.5 Å². The number of aryl methyl sites for hydroxylation is 1. The molecule has 7 nitrogen and oxygen atoms in total. The number of rotatable bonds is 9. The highest BCUT2D eigenvalue weighted by molar-refractivity contribution is 7.99. The molecule has 0 saturated carbocycles. The summed E-state index contributed by atoms with van der Waals surface area (Å²) in [5.41, 5.74) is 4.76. The van der Waals surface area contributed by atoms with Crippen molar-refractivity contribution in [3.8, 4) is 11.4 Å². The minimum Gasteiger partial charge on any atom is -0.467 e. The molecular formula is C27H25N5O2S. The summed E-state index contributed by atoms with van der Waals surface area (Å²) in [6.45, 7) is 5.20. The summed E-state index contributed by atoms with van der Waals surface area (Å²) < 4.78 is 9.66. The van der Waals surface area contributed by atoms with Crippen LogP contribution in [0.2, 0.25) is 0 Å². The zero-order chi connectivity index (χ0) is 24.2. The van der Waals surface area contributed by atoms with Crippen LogP contribution in [0.1, 0.15) is 33.1 Å². The maximum atomic E-state index is 13.2. The van der Waals surface area contributed by atoms with Gasteiger partial charge in [-0.1, -0.05) is 42.1 Å². The highest BCUT2D eigenvalue weighted by Gasteiger charge is 2.20. The zero-order valence-electron chi connectivity index (χ0n) is 19.6. The number of benzene rings is 1. The van der Waals surface area contributed by atoms with Gasteiger partial charge in [-0.15, -0.1) is 10.2 Å². The number of carbonyl (C=O) groups excluding carboxylic acids is 1. The van der Waals surface area contributed by atoms with E-state index in [2.05, 4.69) is 36.4 Å². The fourth-order valence-electron chi connectivity index (χ4n) is 4.11. The van der Waals surface area contributed by atoms with E-state index in [1.54, 1.807) is 18.7 Å². The van der Waals surface area contributed by atoms with Gasteiger partial charge in [0, 0.05) is 34.9 Å². The van der Waals surface area contributed by atoms with Gasteiger partial charge in [0.15, 0.2) is 16.8 Å². The highest BCUT2D eigenvalue weighted by atomic mass is 32.2. The fraction of sp³-hybridized carbons (Fsp3) is 0.185. The first kappa shape index (κ1) is 22.9. The number of pyridine rings is 1. The number of furan rings is 1. The molecule has 4 heterocycles.